The topological polar surface area (TPSA) is 81.6 Å². The van der Waals surface area contributed by atoms with Crippen LogP contribution < -0.4 is 20.1 Å². The highest BCUT2D eigenvalue weighted by molar-refractivity contribution is 9.10. The van der Waals surface area contributed by atoms with Crippen LogP contribution >= 0.6 is 15.9 Å². The highest BCUT2D eigenvalue weighted by atomic mass is 79.9. The minimum absolute atomic E-state index is 0.0148. The molecular formula is C38H46BrN3O4. The second-order valence-corrected chi connectivity index (χ2v) is 13.0. The lowest BCUT2D eigenvalue weighted by atomic mass is 9.81. The fourth-order valence-electron chi connectivity index (χ4n) is 6.58. The molecule has 2 amide bonds. The van der Waals surface area contributed by atoms with Crippen LogP contribution in [0.5, 0.6) is 11.5 Å². The molecule has 1 aliphatic rings. The first-order valence-corrected chi connectivity index (χ1v) is 17.4. The number of hydrogen-bond donors (Lipinski definition) is 2. The summed E-state index contributed by atoms with van der Waals surface area (Å²) in [4.78, 5) is 26.2. The summed E-state index contributed by atoms with van der Waals surface area (Å²) in [6, 6.07) is 20.0. The van der Waals surface area contributed by atoms with Gasteiger partial charge in [0.2, 0.25) is 5.91 Å². The normalized spacial score (nSPS) is 13.5. The molecule has 3 aromatic carbocycles. The molecule has 0 atom stereocenters. The molecule has 1 aliphatic carbocycles. The van der Waals surface area contributed by atoms with Crippen LogP contribution in [0.4, 0.5) is 0 Å². The van der Waals surface area contributed by atoms with E-state index in [4.69, 9.17) is 9.47 Å². The average Bonchev–Trinajstić information content (AvgIpc) is 3.41. The summed E-state index contributed by atoms with van der Waals surface area (Å²) in [5, 5.41) is 7.03. The quantitative estimate of drug-likeness (QED) is 0.130. The Morgan fingerprint density at radius 3 is 2.41 bits per heavy atom. The van der Waals surface area contributed by atoms with Gasteiger partial charge in [0.1, 0.15) is 24.7 Å². The summed E-state index contributed by atoms with van der Waals surface area (Å²) in [6.07, 6.45) is 10.3. The molecule has 7 nitrogen and oxygen atoms in total. The van der Waals surface area contributed by atoms with Gasteiger partial charge >= 0.3 is 0 Å². The maximum Gasteiger partial charge on any atom is 0.251 e. The van der Waals surface area contributed by atoms with Gasteiger partial charge in [-0.2, -0.15) is 0 Å². The Labute approximate surface area is 281 Å². The lowest BCUT2D eigenvalue weighted by Crippen LogP contribution is -2.28. The van der Waals surface area contributed by atoms with Gasteiger partial charge in [0.15, 0.2) is 0 Å². The fraction of sp³-hybridized carbons (Fsp3) is 0.421. The van der Waals surface area contributed by atoms with Gasteiger partial charge in [0.05, 0.1) is 18.3 Å². The third-order valence-electron chi connectivity index (χ3n) is 9.04. The van der Waals surface area contributed by atoms with Gasteiger partial charge in [-0.1, -0.05) is 67.4 Å². The van der Waals surface area contributed by atoms with Crippen LogP contribution in [-0.2, 0) is 17.9 Å². The van der Waals surface area contributed by atoms with Crippen LogP contribution in [0, 0.1) is 0 Å². The number of methoxy groups -OCH3 is 1. The Kier molecular flexibility index (Phi) is 11.8. The standard InChI is InChI=1S/C38H46BrN3O4/c1-4-5-6-10-21-41-35(43)24-42-34-23-28(38(44)40-2)15-19-32(34)36(26-11-8-7-9-12-26)37(42)27-13-16-30(17-14-27)46-25-29-22-31(45-3)18-20-33(29)39/h13-20,22-23,26H,4-12,21,24-25H2,1-3H3,(H,40,44)(H,41,43). The number of rotatable bonds is 14. The van der Waals surface area contributed by atoms with Crippen molar-refractivity contribution in [3.8, 4) is 22.8 Å². The number of benzene rings is 3. The zero-order valence-electron chi connectivity index (χ0n) is 27.3. The molecule has 8 heteroatoms. The van der Waals surface area contributed by atoms with Crippen molar-refractivity contribution in [1.29, 1.82) is 0 Å². The number of nitrogens with zero attached hydrogens (tertiary/aromatic N) is 1. The van der Waals surface area contributed by atoms with E-state index in [9.17, 15) is 9.59 Å². The number of hydrogen-bond acceptors (Lipinski definition) is 4. The molecule has 2 N–H and O–H groups in total. The predicted molar refractivity (Wildman–Crippen MR) is 189 cm³/mol. The zero-order chi connectivity index (χ0) is 32.5. The Balaban J connectivity index is 1.52. The molecule has 1 fully saturated rings. The number of nitrogens with one attached hydrogen (secondary N) is 2. The van der Waals surface area contributed by atoms with E-state index in [0.717, 1.165) is 75.8 Å². The molecular weight excluding hydrogens is 642 g/mol. The monoisotopic (exact) mass is 687 g/mol. The molecule has 1 heterocycles. The van der Waals surface area contributed by atoms with Crippen LogP contribution in [0.1, 0.15) is 92.1 Å². The van der Waals surface area contributed by atoms with E-state index in [0.29, 0.717) is 24.6 Å². The molecule has 0 aliphatic heterocycles. The predicted octanol–water partition coefficient (Wildman–Crippen LogP) is 8.76. The Morgan fingerprint density at radius 1 is 0.935 bits per heavy atom. The van der Waals surface area contributed by atoms with E-state index in [1.54, 1.807) is 14.2 Å². The Bertz CT molecular complexity index is 1640. The summed E-state index contributed by atoms with van der Waals surface area (Å²) in [6.45, 7) is 3.44. The number of aromatic nitrogens is 1. The minimum Gasteiger partial charge on any atom is -0.497 e. The van der Waals surface area contributed by atoms with Gasteiger partial charge in [-0.15, -0.1) is 0 Å². The van der Waals surface area contributed by atoms with Crippen LogP contribution in [-0.4, -0.2) is 37.1 Å². The molecule has 0 spiro atoms. The first-order valence-electron chi connectivity index (χ1n) is 16.6. The van der Waals surface area contributed by atoms with Gasteiger partial charge in [-0.3, -0.25) is 9.59 Å². The smallest absolute Gasteiger partial charge is 0.251 e. The van der Waals surface area contributed by atoms with Crippen LogP contribution in [0.15, 0.2) is 65.1 Å². The van der Waals surface area contributed by atoms with E-state index >= 15 is 0 Å². The zero-order valence-corrected chi connectivity index (χ0v) is 28.9. The summed E-state index contributed by atoms with van der Waals surface area (Å²) in [7, 11) is 3.30. The average molecular weight is 689 g/mol. The second kappa shape index (κ2) is 16.2. The molecule has 1 aromatic heterocycles. The molecule has 5 rings (SSSR count). The second-order valence-electron chi connectivity index (χ2n) is 12.2. The van der Waals surface area contributed by atoms with Crippen LogP contribution in [0.3, 0.4) is 0 Å². The first-order chi connectivity index (χ1) is 22.4. The van der Waals surface area contributed by atoms with Crippen molar-refractivity contribution in [2.75, 3.05) is 20.7 Å². The Morgan fingerprint density at radius 2 is 1.70 bits per heavy atom. The van der Waals surface area contributed by atoms with Crippen molar-refractivity contribution in [3.63, 3.8) is 0 Å². The van der Waals surface area contributed by atoms with E-state index in [1.807, 2.05) is 42.5 Å². The highest BCUT2D eigenvalue weighted by Gasteiger charge is 2.28. The van der Waals surface area contributed by atoms with E-state index in [-0.39, 0.29) is 18.4 Å². The van der Waals surface area contributed by atoms with Crippen molar-refractivity contribution >= 4 is 38.6 Å². The third-order valence-corrected chi connectivity index (χ3v) is 9.81. The minimum atomic E-state index is -0.139. The van der Waals surface area contributed by atoms with E-state index in [2.05, 4.69) is 56.3 Å². The molecule has 0 radical (unpaired) electrons. The van der Waals surface area contributed by atoms with Crippen molar-refractivity contribution in [3.05, 3.63) is 81.8 Å². The van der Waals surface area contributed by atoms with Gasteiger partial charge in [-0.25, -0.2) is 0 Å². The van der Waals surface area contributed by atoms with Crippen LogP contribution in [0.2, 0.25) is 0 Å². The van der Waals surface area contributed by atoms with Gasteiger partial charge in [0.25, 0.3) is 5.91 Å². The SMILES string of the molecule is CCCCCCNC(=O)Cn1c(-c2ccc(OCc3cc(OC)ccc3Br)cc2)c(C2CCCCC2)c2ccc(C(=O)NC)cc21. The molecule has 46 heavy (non-hydrogen) atoms. The molecule has 1 saturated carbocycles. The van der Waals surface area contributed by atoms with Crippen molar-refractivity contribution in [1.82, 2.24) is 15.2 Å². The largest absolute Gasteiger partial charge is 0.497 e. The number of carbonyl (C=O) groups is 2. The first kappa shape index (κ1) is 33.6. The molecule has 0 saturated heterocycles. The van der Waals surface area contributed by atoms with Gasteiger partial charge in [0, 0.05) is 34.6 Å². The highest BCUT2D eigenvalue weighted by Crippen LogP contribution is 2.44. The summed E-state index contributed by atoms with van der Waals surface area (Å²) >= 11 is 3.61. The maximum absolute atomic E-state index is 13.4. The fourth-order valence-corrected chi connectivity index (χ4v) is 6.94. The number of amides is 2. The number of halogens is 1. The lowest BCUT2D eigenvalue weighted by Gasteiger charge is -2.24. The number of carbonyl (C=O) groups excluding carboxylic acids is 2. The van der Waals surface area contributed by atoms with Gasteiger partial charge < -0.3 is 24.7 Å². The summed E-state index contributed by atoms with van der Waals surface area (Å²) < 4.78 is 14.7. The van der Waals surface area contributed by atoms with E-state index < -0.39 is 0 Å². The van der Waals surface area contributed by atoms with Gasteiger partial charge in [-0.05, 0) is 90.9 Å². The number of ether oxygens (including phenoxy) is 2. The maximum atomic E-state index is 13.4. The lowest BCUT2D eigenvalue weighted by molar-refractivity contribution is -0.121. The van der Waals surface area contributed by atoms with Crippen molar-refractivity contribution < 1.29 is 19.1 Å². The number of fused-ring (bicyclic) bond motifs is 1. The third kappa shape index (κ3) is 7.95. The number of unbranched alkanes of at least 4 members (excludes halogenated alkanes) is 3. The molecule has 244 valence electrons. The van der Waals surface area contributed by atoms with Crippen molar-refractivity contribution in [2.45, 2.75) is 83.8 Å². The molecule has 4 aromatic rings. The van der Waals surface area contributed by atoms with E-state index in [1.165, 1.54) is 31.2 Å². The summed E-state index contributed by atoms with van der Waals surface area (Å²) in [5.74, 6) is 1.77. The van der Waals surface area contributed by atoms with Crippen LogP contribution in [0.25, 0.3) is 22.2 Å². The van der Waals surface area contributed by atoms with Crippen molar-refractivity contribution in [2.24, 2.45) is 0 Å². The molecule has 0 unspecified atom stereocenters. The molecule has 0 bridgehead atoms. The Hall–Kier alpha value is -3.78. The summed E-state index contributed by atoms with van der Waals surface area (Å²) in [5.41, 5.74) is 5.87.